The van der Waals surface area contributed by atoms with E-state index < -0.39 is 19.7 Å². The van der Waals surface area contributed by atoms with E-state index in [2.05, 4.69) is 10.3 Å². The molecular weight excluding hydrogens is 421 g/mol. The minimum Gasteiger partial charge on any atom is -0.277 e. The standard InChI is InChI=1S/C16H22Cl3N3O3S/c1-4-10-22(11-5-2)26(24,25)13-8-6-12(7-9-13)14(23)21-15(20-3)16(17,18)19/h6-9H,4-5,10-11H2,1-3H3,(H,20,21,23)/p+1. The van der Waals surface area contributed by atoms with E-state index in [-0.39, 0.29) is 16.3 Å². The van der Waals surface area contributed by atoms with E-state index in [1.54, 1.807) is 0 Å². The van der Waals surface area contributed by atoms with Crippen LogP contribution in [0.2, 0.25) is 0 Å². The van der Waals surface area contributed by atoms with Gasteiger partial charge in [-0.1, -0.05) is 48.7 Å². The molecule has 0 fully saturated rings. The first-order chi connectivity index (χ1) is 12.1. The highest BCUT2D eigenvalue weighted by Gasteiger charge is 2.35. The summed E-state index contributed by atoms with van der Waals surface area (Å²) in [5, 5.41) is 2.46. The van der Waals surface area contributed by atoms with E-state index >= 15 is 0 Å². The van der Waals surface area contributed by atoms with Gasteiger partial charge in [0.1, 0.15) is 0 Å². The highest BCUT2D eigenvalue weighted by atomic mass is 35.6. The van der Waals surface area contributed by atoms with Crippen LogP contribution in [0.5, 0.6) is 0 Å². The summed E-state index contributed by atoms with van der Waals surface area (Å²) in [4.78, 5) is 15.0. The maximum absolute atomic E-state index is 12.7. The average Bonchev–Trinajstić information content (AvgIpc) is 2.58. The zero-order valence-corrected chi connectivity index (χ0v) is 17.9. The quantitative estimate of drug-likeness (QED) is 0.382. The molecule has 26 heavy (non-hydrogen) atoms. The number of sulfonamides is 1. The Balaban J connectivity index is 3.02. The summed E-state index contributed by atoms with van der Waals surface area (Å²) in [5.41, 5.74) is 0.239. The molecule has 0 aromatic heterocycles. The third-order valence-electron chi connectivity index (χ3n) is 3.47. The van der Waals surface area contributed by atoms with Crippen LogP contribution >= 0.6 is 34.8 Å². The van der Waals surface area contributed by atoms with Gasteiger partial charge in [-0.05, 0) is 37.1 Å². The van der Waals surface area contributed by atoms with Crippen molar-refractivity contribution in [2.75, 3.05) is 20.1 Å². The number of hydrogen-bond acceptors (Lipinski definition) is 3. The van der Waals surface area contributed by atoms with E-state index in [4.69, 9.17) is 34.8 Å². The van der Waals surface area contributed by atoms with Crippen molar-refractivity contribution in [3.8, 4) is 0 Å². The fourth-order valence-electron chi connectivity index (χ4n) is 2.24. The number of halogens is 3. The lowest BCUT2D eigenvalue weighted by Gasteiger charge is -2.21. The second-order valence-electron chi connectivity index (χ2n) is 5.51. The first kappa shape index (κ1) is 23.2. The zero-order valence-electron chi connectivity index (χ0n) is 14.9. The van der Waals surface area contributed by atoms with Crippen molar-refractivity contribution < 1.29 is 18.2 Å². The molecule has 1 aromatic rings. The predicted molar refractivity (Wildman–Crippen MR) is 105 cm³/mol. The third-order valence-corrected chi connectivity index (χ3v) is 5.95. The van der Waals surface area contributed by atoms with Gasteiger partial charge in [0.25, 0.3) is 3.79 Å². The van der Waals surface area contributed by atoms with E-state index in [0.29, 0.717) is 13.1 Å². The number of alkyl halides is 3. The van der Waals surface area contributed by atoms with Gasteiger partial charge in [0.15, 0.2) is 0 Å². The molecular formula is C16H23Cl3N3O3S+. The molecule has 0 aliphatic rings. The van der Waals surface area contributed by atoms with Crippen molar-refractivity contribution in [3.63, 3.8) is 0 Å². The second kappa shape index (κ2) is 9.90. The highest BCUT2D eigenvalue weighted by molar-refractivity contribution is 7.89. The molecule has 0 spiro atoms. The van der Waals surface area contributed by atoms with Crippen LogP contribution < -0.4 is 10.3 Å². The summed E-state index contributed by atoms with van der Waals surface area (Å²) in [6.45, 7) is 4.74. The monoisotopic (exact) mass is 442 g/mol. The van der Waals surface area contributed by atoms with Crippen LogP contribution in [0.15, 0.2) is 29.2 Å². The smallest absolute Gasteiger partial charge is 0.277 e. The topological polar surface area (TPSA) is 80.5 Å². The molecule has 10 heteroatoms. The third kappa shape index (κ3) is 6.09. The van der Waals surface area contributed by atoms with Crippen molar-refractivity contribution >= 4 is 56.6 Å². The summed E-state index contributed by atoms with van der Waals surface area (Å²) < 4.78 is 25.0. The summed E-state index contributed by atoms with van der Waals surface area (Å²) in [5.74, 6) is -0.523. The lowest BCUT2D eigenvalue weighted by atomic mass is 10.2. The van der Waals surface area contributed by atoms with Gasteiger partial charge in [0, 0.05) is 13.1 Å². The Labute approximate surface area is 169 Å². The van der Waals surface area contributed by atoms with Crippen LogP contribution in [-0.2, 0) is 10.0 Å². The lowest BCUT2D eigenvalue weighted by Crippen LogP contribution is -2.75. The maximum Gasteiger partial charge on any atom is 0.338 e. The van der Waals surface area contributed by atoms with Gasteiger partial charge in [0.2, 0.25) is 10.0 Å². The van der Waals surface area contributed by atoms with Gasteiger partial charge < -0.3 is 0 Å². The number of benzene rings is 1. The normalized spacial score (nSPS) is 13.1. The number of nitrogens with zero attached hydrogens (tertiary/aromatic N) is 1. The zero-order chi connectivity index (χ0) is 20.0. The number of amidine groups is 1. The molecule has 2 N–H and O–H groups in total. The molecule has 0 saturated carbocycles. The Bertz CT molecular complexity index is 738. The average molecular weight is 444 g/mol. The maximum atomic E-state index is 12.7. The minimum atomic E-state index is -3.60. The summed E-state index contributed by atoms with van der Waals surface area (Å²) in [6.07, 6.45) is 1.44. The molecule has 0 atom stereocenters. The summed E-state index contributed by atoms with van der Waals surface area (Å²) >= 11 is 17.2. The Morgan fingerprint density at radius 3 is 2.00 bits per heavy atom. The van der Waals surface area contributed by atoms with Crippen LogP contribution in [0.1, 0.15) is 37.0 Å². The van der Waals surface area contributed by atoms with Crippen LogP contribution in [0.3, 0.4) is 0 Å². The molecule has 1 rings (SSSR count). The fraction of sp³-hybridized carbons (Fsp3) is 0.500. The molecule has 0 saturated heterocycles. The van der Waals surface area contributed by atoms with Crippen LogP contribution in [0, 0.1) is 0 Å². The Kier molecular flexibility index (Phi) is 8.82. The Hall–Kier alpha value is -0.860. The van der Waals surface area contributed by atoms with Gasteiger partial charge in [-0.15, -0.1) is 0 Å². The molecule has 1 aromatic carbocycles. The molecule has 0 aliphatic carbocycles. The molecule has 0 heterocycles. The largest absolute Gasteiger partial charge is 0.338 e. The van der Waals surface area contributed by atoms with E-state index in [9.17, 15) is 13.2 Å². The summed E-state index contributed by atoms with van der Waals surface area (Å²) in [6, 6.07) is 5.64. The van der Waals surface area contributed by atoms with E-state index in [1.807, 2.05) is 13.8 Å². The van der Waals surface area contributed by atoms with Crippen LogP contribution in [0.4, 0.5) is 0 Å². The summed E-state index contributed by atoms with van der Waals surface area (Å²) in [7, 11) is -2.09. The SMILES string of the molecule is CCCN(CCC)S(=O)(=O)c1ccc(C(=O)NC(=[NH+]C)C(Cl)(Cl)Cl)cc1. The van der Waals surface area contributed by atoms with Gasteiger partial charge >= 0.3 is 11.7 Å². The molecule has 0 radical (unpaired) electrons. The molecule has 6 nitrogen and oxygen atoms in total. The predicted octanol–water partition coefficient (Wildman–Crippen LogP) is 1.71. The van der Waals surface area contributed by atoms with Gasteiger partial charge in [-0.25, -0.2) is 18.5 Å². The van der Waals surface area contributed by atoms with E-state index in [1.165, 1.54) is 35.6 Å². The number of carbonyl (C=O) groups excluding carboxylic acids is 1. The first-order valence-electron chi connectivity index (χ1n) is 8.11. The van der Waals surface area contributed by atoms with Crippen LogP contribution in [-0.4, -0.2) is 48.4 Å². The van der Waals surface area contributed by atoms with Crippen molar-refractivity contribution in [3.05, 3.63) is 29.8 Å². The highest BCUT2D eigenvalue weighted by Crippen LogP contribution is 2.25. The number of rotatable bonds is 7. The molecule has 146 valence electrons. The molecule has 1 amide bonds. The van der Waals surface area contributed by atoms with Crippen molar-refractivity contribution in [1.82, 2.24) is 9.62 Å². The molecule has 0 aliphatic heterocycles. The second-order valence-corrected chi connectivity index (χ2v) is 9.72. The van der Waals surface area contributed by atoms with Crippen molar-refractivity contribution in [1.29, 1.82) is 0 Å². The number of carbonyl (C=O) groups is 1. The van der Waals surface area contributed by atoms with E-state index in [0.717, 1.165) is 12.8 Å². The molecule has 0 unspecified atom stereocenters. The Morgan fingerprint density at radius 2 is 1.62 bits per heavy atom. The Morgan fingerprint density at radius 1 is 1.12 bits per heavy atom. The number of nitrogens with one attached hydrogen (secondary N) is 2. The number of hydrogen-bond donors (Lipinski definition) is 2. The fourth-order valence-corrected chi connectivity index (χ4v) is 4.29. The molecule has 0 bridgehead atoms. The lowest BCUT2D eigenvalue weighted by molar-refractivity contribution is -0.423. The van der Waals surface area contributed by atoms with Gasteiger partial charge in [0.05, 0.1) is 17.5 Å². The van der Waals surface area contributed by atoms with Crippen molar-refractivity contribution in [2.45, 2.75) is 35.4 Å². The first-order valence-corrected chi connectivity index (χ1v) is 10.7. The van der Waals surface area contributed by atoms with Gasteiger partial charge in [-0.2, -0.15) is 4.31 Å². The van der Waals surface area contributed by atoms with Gasteiger partial charge in [-0.3, -0.25) is 4.99 Å². The minimum absolute atomic E-state index is 0.00117. The number of amides is 1. The van der Waals surface area contributed by atoms with Crippen molar-refractivity contribution in [2.24, 2.45) is 0 Å². The van der Waals surface area contributed by atoms with Crippen LogP contribution in [0.25, 0.3) is 0 Å².